The Hall–Kier alpha value is -2.43. The molecular weight excluding hydrogens is 218 g/mol. The van der Waals surface area contributed by atoms with Crippen LogP contribution < -0.4 is 10.9 Å². The van der Waals surface area contributed by atoms with Gasteiger partial charge in [0.2, 0.25) is 0 Å². The largest absolute Gasteiger partial charge is 0.322 e. The van der Waals surface area contributed by atoms with E-state index in [9.17, 15) is 9.59 Å². The van der Waals surface area contributed by atoms with Crippen LogP contribution in [0.15, 0.2) is 41.6 Å². The zero-order valence-electron chi connectivity index (χ0n) is 9.23. The number of hydrogen-bond donors (Lipinski definition) is 2. The van der Waals surface area contributed by atoms with E-state index in [2.05, 4.69) is 15.3 Å². The summed E-state index contributed by atoms with van der Waals surface area (Å²) in [5, 5.41) is 2.63. The van der Waals surface area contributed by atoms with E-state index in [4.69, 9.17) is 0 Å². The first-order valence-electron chi connectivity index (χ1n) is 5.07. The van der Waals surface area contributed by atoms with Crippen LogP contribution in [0.4, 0.5) is 5.69 Å². The Bertz CT molecular complexity index is 587. The molecule has 0 aliphatic rings. The number of anilines is 1. The van der Waals surface area contributed by atoms with E-state index in [1.807, 2.05) is 19.1 Å². The molecule has 0 saturated carbocycles. The number of nitrogens with one attached hydrogen (secondary N) is 2. The third-order valence-electron chi connectivity index (χ3n) is 2.27. The number of H-pyrrole nitrogens is 1. The van der Waals surface area contributed by atoms with Crippen LogP contribution in [0.3, 0.4) is 0 Å². The zero-order chi connectivity index (χ0) is 12.3. The molecule has 5 heteroatoms. The first-order valence-corrected chi connectivity index (χ1v) is 5.07. The highest BCUT2D eigenvalue weighted by Gasteiger charge is 2.10. The third kappa shape index (κ3) is 2.57. The summed E-state index contributed by atoms with van der Waals surface area (Å²) in [5.74, 6) is -0.469. The van der Waals surface area contributed by atoms with Crippen LogP contribution in [0.25, 0.3) is 0 Å². The van der Waals surface area contributed by atoms with Crippen LogP contribution in [0.2, 0.25) is 0 Å². The van der Waals surface area contributed by atoms with Crippen molar-refractivity contribution in [3.63, 3.8) is 0 Å². The molecule has 0 aliphatic carbocycles. The fourth-order valence-electron chi connectivity index (χ4n) is 1.34. The van der Waals surface area contributed by atoms with Gasteiger partial charge < -0.3 is 10.3 Å². The van der Waals surface area contributed by atoms with Crippen LogP contribution in [0.1, 0.15) is 15.9 Å². The first kappa shape index (κ1) is 11.1. The standard InChI is InChI=1S/C12H11N3O2/c1-8-2-4-9(5-3-8)15-12(17)10-6-13-7-14-11(10)16/h2-7H,1H3,(H,15,17)(H,13,14,16). The van der Waals surface area contributed by atoms with E-state index in [1.165, 1.54) is 12.5 Å². The van der Waals surface area contributed by atoms with Gasteiger partial charge in [-0.1, -0.05) is 17.7 Å². The molecule has 1 heterocycles. The molecule has 0 aliphatic heterocycles. The fraction of sp³-hybridized carbons (Fsp3) is 0.0833. The van der Waals surface area contributed by atoms with Gasteiger partial charge >= 0.3 is 0 Å². The smallest absolute Gasteiger partial charge is 0.263 e. The van der Waals surface area contributed by atoms with Crippen LogP contribution in [-0.4, -0.2) is 15.9 Å². The number of aromatic amines is 1. The molecule has 17 heavy (non-hydrogen) atoms. The molecule has 0 unspecified atom stereocenters. The van der Waals surface area contributed by atoms with Crippen molar-refractivity contribution in [2.75, 3.05) is 5.32 Å². The van der Waals surface area contributed by atoms with Gasteiger partial charge in [-0.05, 0) is 19.1 Å². The van der Waals surface area contributed by atoms with Gasteiger partial charge in [-0.15, -0.1) is 0 Å². The Morgan fingerprint density at radius 2 is 2.00 bits per heavy atom. The lowest BCUT2D eigenvalue weighted by Crippen LogP contribution is -2.23. The van der Waals surface area contributed by atoms with Crippen molar-refractivity contribution in [3.8, 4) is 0 Å². The first-order chi connectivity index (χ1) is 8.16. The molecule has 0 radical (unpaired) electrons. The number of aryl methyl sites for hydroxylation is 1. The number of amides is 1. The molecule has 2 aromatic rings. The Labute approximate surface area is 97.5 Å². The fourth-order valence-corrected chi connectivity index (χ4v) is 1.34. The van der Waals surface area contributed by atoms with Crippen molar-refractivity contribution in [3.05, 3.63) is 58.3 Å². The van der Waals surface area contributed by atoms with Gasteiger partial charge in [0, 0.05) is 11.9 Å². The Kier molecular flexibility index (Phi) is 3.00. The Morgan fingerprint density at radius 3 is 2.65 bits per heavy atom. The van der Waals surface area contributed by atoms with Crippen molar-refractivity contribution in [2.45, 2.75) is 6.92 Å². The topological polar surface area (TPSA) is 74.8 Å². The Morgan fingerprint density at radius 1 is 1.29 bits per heavy atom. The monoisotopic (exact) mass is 229 g/mol. The molecule has 2 N–H and O–H groups in total. The van der Waals surface area contributed by atoms with E-state index >= 15 is 0 Å². The van der Waals surface area contributed by atoms with Gasteiger partial charge in [-0.3, -0.25) is 9.59 Å². The second kappa shape index (κ2) is 4.61. The third-order valence-corrected chi connectivity index (χ3v) is 2.27. The lowest BCUT2D eigenvalue weighted by atomic mass is 10.2. The lowest BCUT2D eigenvalue weighted by Gasteiger charge is -2.04. The van der Waals surface area contributed by atoms with Gasteiger partial charge in [-0.2, -0.15) is 0 Å². The molecular formula is C12H11N3O2. The van der Waals surface area contributed by atoms with E-state index in [0.717, 1.165) is 5.56 Å². The molecule has 5 nitrogen and oxygen atoms in total. The molecule has 0 bridgehead atoms. The van der Waals surface area contributed by atoms with E-state index in [0.29, 0.717) is 5.69 Å². The summed E-state index contributed by atoms with van der Waals surface area (Å²) in [5.41, 5.74) is 1.28. The van der Waals surface area contributed by atoms with Gasteiger partial charge in [0.05, 0.1) is 6.33 Å². The summed E-state index contributed by atoms with van der Waals surface area (Å²) in [6.07, 6.45) is 2.48. The van der Waals surface area contributed by atoms with Crippen molar-refractivity contribution in [1.82, 2.24) is 9.97 Å². The maximum absolute atomic E-state index is 11.7. The van der Waals surface area contributed by atoms with Gasteiger partial charge in [0.15, 0.2) is 0 Å². The SMILES string of the molecule is Cc1ccc(NC(=O)c2cnc[nH]c2=O)cc1. The molecule has 0 saturated heterocycles. The summed E-state index contributed by atoms with van der Waals surface area (Å²) in [7, 11) is 0. The molecule has 1 amide bonds. The van der Waals surface area contributed by atoms with Crippen LogP contribution in [-0.2, 0) is 0 Å². The van der Waals surface area contributed by atoms with Crippen molar-refractivity contribution in [1.29, 1.82) is 0 Å². The average Bonchev–Trinajstić information content (AvgIpc) is 2.32. The predicted octanol–water partition coefficient (Wildman–Crippen LogP) is 1.33. The summed E-state index contributed by atoms with van der Waals surface area (Å²) >= 11 is 0. The van der Waals surface area contributed by atoms with Gasteiger partial charge in [-0.25, -0.2) is 4.98 Å². The predicted molar refractivity (Wildman–Crippen MR) is 64.0 cm³/mol. The average molecular weight is 229 g/mol. The second-order valence-corrected chi connectivity index (χ2v) is 3.61. The maximum atomic E-state index is 11.7. The highest BCUT2D eigenvalue weighted by molar-refractivity contribution is 6.03. The van der Waals surface area contributed by atoms with Gasteiger partial charge in [0.1, 0.15) is 5.56 Å². The number of nitrogens with zero attached hydrogens (tertiary/aromatic N) is 1. The minimum Gasteiger partial charge on any atom is -0.322 e. The summed E-state index contributed by atoms with van der Waals surface area (Å²) in [4.78, 5) is 29.2. The quantitative estimate of drug-likeness (QED) is 0.815. The maximum Gasteiger partial charge on any atom is 0.263 e. The van der Waals surface area contributed by atoms with Crippen molar-refractivity contribution < 1.29 is 4.79 Å². The molecule has 0 spiro atoms. The molecule has 1 aromatic carbocycles. The molecule has 86 valence electrons. The normalized spacial score (nSPS) is 9.94. The number of carbonyl (C=O) groups excluding carboxylic acids is 1. The van der Waals surface area contributed by atoms with Crippen molar-refractivity contribution in [2.24, 2.45) is 0 Å². The molecule has 2 rings (SSSR count). The molecule has 0 fully saturated rings. The summed E-state index contributed by atoms with van der Waals surface area (Å²) < 4.78 is 0. The van der Waals surface area contributed by atoms with E-state index in [-0.39, 0.29) is 5.56 Å². The lowest BCUT2D eigenvalue weighted by molar-refractivity contribution is 0.102. The molecule has 1 aromatic heterocycles. The zero-order valence-corrected chi connectivity index (χ0v) is 9.23. The molecule has 0 atom stereocenters. The number of aromatic nitrogens is 2. The minimum atomic E-state index is -0.469. The van der Waals surface area contributed by atoms with Gasteiger partial charge in [0.25, 0.3) is 11.5 Å². The number of benzene rings is 1. The van der Waals surface area contributed by atoms with Crippen LogP contribution in [0, 0.1) is 6.92 Å². The van der Waals surface area contributed by atoms with Crippen LogP contribution >= 0.6 is 0 Å². The number of carbonyl (C=O) groups is 1. The minimum absolute atomic E-state index is 0.00641. The summed E-state index contributed by atoms with van der Waals surface area (Å²) in [6.45, 7) is 1.96. The van der Waals surface area contributed by atoms with Crippen LogP contribution in [0.5, 0.6) is 0 Å². The summed E-state index contributed by atoms with van der Waals surface area (Å²) in [6, 6.07) is 7.31. The van der Waals surface area contributed by atoms with E-state index in [1.54, 1.807) is 12.1 Å². The van der Waals surface area contributed by atoms with Crippen molar-refractivity contribution >= 4 is 11.6 Å². The highest BCUT2D eigenvalue weighted by atomic mass is 16.2. The Balaban J connectivity index is 2.20. The number of rotatable bonds is 2. The second-order valence-electron chi connectivity index (χ2n) is 3.61. The highest BCUT2D eigenvalue weighted by Crippen LogP contribution is 2.09. The van der Waals surface area contributed by atoms with E-state index < -0.39 is 11.5 Å². The number of hydrogen-bond acceptors (Lipinski definition) is 3.